The van der Waals surface area contributed by atoms with Crippen LogP contribution in [-0.2, 0) is 42.7 Å². The van der Waals surface area contributed by atoms with Crippen molar-refractivity contribution in [2.24, 2.45) is 50.2 Å². The minimum Gasteiger partial charge on any atom is -0.481 e. The first kappa shape index (κ1) is 58.1. The molecule has 4 saturated carbocycles. The van der Waals surface area contributed by atoms with Crippen LogP contribution in [-0.4, -0.2) is 222 Å². The molecule has 0 spiro atoms. The second-order valence-corrected chi connectivity index (χ2v) is 25.7. The molecule has 22 nitrogen and oxygen atoms in total. The van der Waals surface area contributed by atoms with Gasteiger partial charge >= 0.3 is 5.97 Å². The third-order valence-electron chi connectivity index (χ3n) is 21.2. The molecule has 0 aromatic rings. The lowest BCUT2D eigenvalue weighted by Crippen LogP contribution is -2.67. The Morgan fingerprint density at radius 3 is 1.93 bits per heavy atom. The molecule has 13 N–H and O–H groups in total. The van der Waals surface area contributed by atoms with Crippen molar-refractivity contribution in [2.45, 2.75) is 235 Å². The lowest BCUT2D eigenvalue weighted by molar-refractivity contribution is -0.391. The van der Waals surface area contributed by atoms with Gasteiger partial charge in [0, 0.05) is 5.41 Å². The lowest BCUT2D eigenvalue weighted by atomic mass is 9.33. The van der Waals surface area contributed by atoms with Gasteiger partial charge in [-0.05, 0) is 111 Å². The van der Waals surface area contributed by atoms with E-state index in [1.54, 1.807) is 0 Å². The number of allylic oxidation sites excluding steroid dienone is 2. The predicted molar refractivity (Wildman–Crippen MR) is 257 cm³/mol. The topological polar surface area (TPSA) is 354 Å². The summed E-state index contributed by atoms with van der Waals surface area (Å²) in [5.74, 6) is -0.541. The molecule has 0 radical (unpaired) electrons. The highest BCUT2D eigenvalue weighted by atomic mass is 16.8. The van der Waals surface area contributed by atoms with E-state index in [4.69, 9.17) is 37.9 Å². The van der Waals surface area contributed by atoms with E-state index in [2.05, 4.69) is 40.7 Å². The minimum atomic E-state index is -2.00. The summed E-state index contributed by atoms with van der Waals surface area (Å²) in [6, 6.07) is 0. The van der Waals surface area contributed by atoms with Gasteiger partial charge in [-0.3, -0.25) is 4.79 Å². The normalized spacial score (nSPS) is 54.9. The number of carbonyl (C=O) groups is 1. The Balaban J connectivity index is 0.887. The summed E-state index contributed by atoms with van der Waals surface area (Å²) in [6.45, 7) is 12.8. The Morgan fingerprint density at radius 1 is 0.627 bits per heavy atom. The van der Waals surface area contributed by atoms with Crippen molar-refractivity contribution < 1.29 is 109 Å². The van der Waals surface area contributed by atoms with Crippen LogP contribution < -0.4 is 0 Å². The molecule has 5 aliphatic carbocycles. The quantitative estimate of drug-likeness (QED) is 0.106. The summed E-state index contributed by atoms with van der Waals surface area (Å²) in [6.07, 6.45) is -22.8. The highest BCUT2D eigenvalue weighted by molar-refractivity contribution is 5.76. The van der Waals surface area contributed by atoms with Gasteiger partial charge in [-0.2, -0.15) is 0 Å². The molecule has 0 bridgehead atoms. The molecule has 28 atom stereocenters. The van der Waals surface area contributed by atoms with Gasteiger partial charge in [0.05, 0.1) is 44.1 Å². The van der Waals surface area contributed by atoms with Gasteiger partial charge in [0.15, 0.2) is 25.2 Å². The van der Waals surface area contributed by atoms with Crippen molar-refractivity contribution in [3.8, 4) is 0 Å². The van der Waals surface area contributed by atoms with Crippen molar-refractivity contribution in [1.82, 2.24) is 0 Å². The van der Waals surface area contributed by atoms with Crippen molar-refractivity contribution in [1.29, 1.82) is 0 Å². The Labute approximate surface area is 437 Å². The van der Waals surface area contributed by atoms with Gasteiger partial charge in [0.2, 0.25) is 0 Å². The molecule has 4 heterocycles. The Kier molecular flexibility index (Phi) is 16.3. The Morgan fingerprint density at radius 2 is 1.25 bits per heavy atom. The molecule has 0 aromatic carbocycles. The number of aliphatic hydroxyl groups excluding tert-OH is 12. The van der Waals surface area contributed by atoms with Gasteiger partial charge in [0.1, 0.15) is 85.5 Å². The van der Waals surface area contributed by atoms with E-state index in [1.165, 1.54) is 12.5 Å². The number of aliphatic carboxylic acids is 1. The van der Waals surface area contributed by atoms with Crippen molar-refractivity contribution in [3.63, 3.8) is 0 Å². The molecule has 4 saturated heterocycles. The number of ether oxygens (including phenoxy) is 8. The molecule has 0 amide bonds. The van der Waals surface area contributed by atoms with Crippen molar-refractivity contribution in [2.75, 3.05) is 26.4 Å². The SMILES string of the molecule is C[C@@H]1O[C@@H](O[C@@H]2[C@@H](O)[C@H](O[C@H]3[C@H](O)[C@@H](O)[C@H](OC[C@@]4(C)[C@@H]5CC[C@]6(C)[C@H](CC=C7[C@H]8CC(C)(C)CC[C@]8(C(=O)O)CC[C@]76C)[C@]5(C)CC[C@@H]4O)O[C@@H]3CO)O[C@H](CO)[C@H]2O)[C@H](O[C@@H]2OC[C@H](O)[C@H](O)[C@H]2O)[C@H](O)[C@H]1O. The van der Waals surface area contributed by atoms with Crippen LogP contribution in [0.2, 0.25) is 0 Å². The number of carboxylic acids is 1. The zero-order valence-corrected chi connectivity index (χ0v) is 44.2. The molecule has 0 aromatic heterocycles. The highest BCUT2D eigenvalue weighted by Gasteiger charge is 2.70. The van der Waals surface area contributed by atoms with Gasteiger partial charge in [-0.15, -0.1) is 0 Å². The van der Waals surface area contributed by atoms with E-state index >= 15 is 0 Å². The van der Waals surface area contributed by atoms with Crippen LogP contribution in [0.25, 0.3) is 0 Å². The number of carboxylic acid groups (broad SMARTS) is 1. The second kappa shape index (κ2) is 21.1. The van der Waals surface area contributed by atoms with E-state index in [1.807, 2.05) is 6.92 Å². The number of hydrogen-bond donors (Lipinski definition) is 13. The van der Waals surface area contributed by atoms with Crippen LogP contribution in [0.4, 0.5) is 0 Å². The fourth-order valence-electron chi connectivity index (χ4n) is 16.2. The Hall–Kier alpha value is -1.59. The van der Waals surface area contributed by atoms with Crippen LogP contribution in [0.1, 0.15) is 113 Å². The standard InChI is InChI=1S/C53H86O22/c1-23-32(58)35(61)42(75-43-37(63)33(59)26(56)21-68-43)46(70-23)74-41-34(60)27(19-54)71-45(39(41)65)73-40-28(20-55)72-44(38(64)36(40)62)69-22-50(5)29-10-13-52(7)30(49(29,4)12-11-31(50)57)9-8-24-25-18-48(2,3)14-16-53(25,47(66)67)17-15-51(24,52)6/h8,23,25-46,54-65H,9-22H2,1-7H3,(H,66,67)/t23-,25+,26-,27+,28+,29+,30+,31-,32-,33-,34+,35+,36+,37+,38+,39+,40+,41-,42+,43-,44+,45-,46-,49+,50-,51+,52+,53-/m0/s1. The Bertz CT molecular complexity index is 2060. The average molecular weight is 1080 g/mol. The van der Waals surface area contributed by atoms with Gasteiger partial charge < -0.3 is 104 Å². The molecule has 9 rings (SSSR count). The largest absolute Gasteiger partial charge is 0.481 e. The van der Waals surface area contributed by atoms with Crippen molar-refractivity contribution in [3.05, 3.63) is 11.6 Å². The molecule has 8 fully saturated rings. The third-order valence-corrected chi connectivity index (χ3v) is 21.2. The maximum atomic E-state index is 13.2. The maximum Gasteiger partial charge on any atom is 0.310 e. The van der Waals surface area contributed by atoms with Crippen LogP contribution in [0, 0.1) is 50.2 Å². The summed E-state index contributed by atoms with van der Waals surface area (Å²) in [5.41, 5.74) is -0.885. The van der Waals surface area contributed by atoms with E-state index < -0.39 is 159 Å². The summed E-state index contributed by atoms with van der Waals surface area (Å²) < 4.78 is 47.1. The fraction of sp³-hybridized carbons (Fsp3) is 0.943. The first-order chi connectivity index (χ1) is 35.1. The average Bonchev–Trinajstić information content (AvgIpc) is 3.38. The second-order valence-electron chi connectivity index (χ2n) is 25.7. The first-order valence-electron chi connectivity index (χ1n) is 27.3. The van der Waals surface area contributed by atoms with Gasteiger partial charge in [-0.25, -0.2) is 0 Å². The van der Waals surface area contributed by atoms with Crippen LogP contribution >= 0.6 is 0 Å². The minimum absolute atomic E-state index is 0.0317. The number of fused-ring (bicyclic) bond motifs is 7. The zero-order chi connectivity index (χ0) is 54.7. The maximum absolute atomic E-state index is 13.2. The predicted octanol–water partition coefficient (Wildman–Crippen LogP) is -0.830. The number of aliphatic hydroxyl groups is 12. The third kappa shape index (κ3) is 9.50. The summed E-state index contributed by atoms with van der Waals surface area (Å²) in [5, 5.41) is 143. The molecule has 22 heteroatoms. The lowest BCUT2D eigenvalue weighted by Gasteiger charge is -2.71. The molecule has 75 heavy (non-hydrogen) atoms. The number of hydrogen-bond acceptors (Lipinski definition) is 21. The fourth-order valence-corrected chi connectivity index (χ4v) is 16.2. The van der Waals surface area contributed by atoms with E-state index in [9.17, 15) is 71.2 Å². The van der Waals surface area contributed by atoms with E-state index in [0.717, 1.165) is 44.9 Å². The summed E-state index contributed by atoms with van der Waals surface area (Å²) >= 11 is 0. The van der Waals surface area contributed by atoms with Crippen molar-refractivity contribution >= 4 is 5.97 Å². The monoisotopic (exact) mass is 1070 g/mol. The van der Waals surface area contributed by atoms with Crippen LogP contribution in [0.15, 0.2) is 11.6 Å². The van der Waals surface area contributed by atoms with E-state index in [0.29, 0.717) is 19.3 Å². The zero-order valence-electron chi connectivity index (χ0n) is 44.2. The van der Waals surface area contributed by atoms with E-state index in [-0.39, 0.29) is 46.0 Å². The molecular formula is C53H86O22. The van der Waals surface area contributed by atoms with Crippen LogP contribution in [0.3, 0.4) is 0 Å². The molecule has 0 unspecified atom stereocenters. The number of rotatable bonds is 12. The molecule has 430 valence electrons. The molecule has 4 aliphatic heterocycles. The van der Waals surface area contributed by atoms with Gasteiger partial charge in [-0.1, -0.05) is 53.2 Å². The first-order valence-corrected chi connectivity index (χ1v) is 27.3. The smallest absolute Gasteiger partial charge is 0.310 e. The molecular weight excluding hydrogens is 989 g/mol. The summed E-state index contributed by atoms with van der Waals surface area (Å²) in [4.78, 5) is 13.2. The summed E-state index contributed by atoms with van der Waals surface area (Å²) in [7, 11) is 0. The molecule has 9 aliphatic rings. The highest BCUT2D eigenvalue weighted by Crippen LogP contribution is 2.76. The van der Waals surface area contributed by atoms with Gasteiger partial charge in [0.25, 0.3) is 0 Å². The van der Waals surface area contributed by atoms with Crippen LogP contribution in [0.5, 0.6) is 0 Å².